The summed E-state index contributed by atoms with van der Waals surface area (Å²) in [5.74, 6) is 0.832. The largest absolute Gasteiger partial charge is 0.497 e. The third-order valence-electron chi connectivity index (χ3n) is 2.70. The molecule has 0 amide bonds. The Bertz CT molecular complexity index is 493. The first-order chi connectivity index (χ1) is 8.67. The Hall–Kier alpha value is -1.03. The molecule has 2 aromatic rings. The first kappa shape index (κ1) is 13.4. The molecule has 1 unspecified atom stereocenters. The van der Waals surface area contributed by atoms with E-state index >= 15 is 0 Å². The van der Waals surface area contributed by atoms with Crippen LogP contribution in [0.4, 0.5) is 0 Å². The van der Waals surface area contributed by atoms with Gasteiger partial charge in [-0.1, -0.05) is 23.7 Å². The van der Waals surface area contributed by atoms with Crippen molar-refractivity contribution in [3.63, 3.8) is 0 Å². The van der Waals surface area contributed by atoms with Crippen molar-refractivity contribution in [1.82, 2.24) is 0 Å². The number of benzene rings is 1. The number of halogens is 1. The normalized spacial score (nSPS) is 12.4. The van der Waals surface area contributed by atoms with Crippen LogP contribution in [0.2, 0.25) is 4.34 Å². The SMILES string of the molecule is COc1ccc(CC(O)Cc2ccc(Cl)s2)cc1. The van der Waals surface area contributed by atoms with Crippen LogP contribution < -0.4 is 4.74 Å². The molecule has 1 N–H and O–H groups in total. The highest BCUT2D eigenvalue weighted by Crippen LogP contribution is 2.23. The van der Waals surface area contributed by atoms with Crippen LogP contribution in [-0.2, 0) is 12.8 Å². The predicted octanol–water partition coefficient (Wildman–Crippen LogP) is 3.56. The summed E-state index contributed by atoms with van der Waals surface area (Å²) in [7, 11) is 1.64. The van der Waals surface area contributed by atoms with Gasteiger partial charge in [-0.25, -0.2) is 0 Å². The Morgan fingerprint density at radius 3 is 2.44 bits per heavy atom. The van der Waals surface area contributed by atoms with Gasteiger partial charge in [0.1, 0.15) is 5.75 Å². The van der Waals surface area contributed by atoms with Crippen LogP contribution in [0, 0.1) is 0 Å². The first-order valence-corrected chi connectivity index (χ1v) is 6.92. The molecule has 1 atom stereocenters. The van der Waals surface area contributed by atoms with Gasteiger partial charge in [0.2, 0.25) is 0 Å². The van der Waals surface area contributed by atoms with Gasteiger partial charge in [0.05, 0.1) is 17.6 Å². The lowest BCUT2D eigenvalue weighted by Crippen LogP contribution is -2.13. The highest BCUT2D eigenvalue weighted by atomic mass is 35.5. The molecule has 0 aliphatic carbocycles. The molecule has 0 fully saturated rings. The van der Waals surface area contributed by atoms with Crippen LogP contribution >= 0.6 is 22.9 Å². The lowest BCUT2D eigenvalue weighted by atomic mass is 10.1. The lowest BCUT2D eigenvalue weighted by Gasteiger charge is -2.09. The van der Waals surface area contributed by atoms with E-state index in [1.807, 2.05) is 36.4 Å². The molecule has 0 spiro atoms. The van der Waals surface area contributed by atoms with Gasteiger partial charge in [-0.2, -0.15) is 0 Å². The van der Waals surface area contributed by atoms with Gasteiger partial charge in [0.15, 0.2) is 0 Å². The van der Waals surface area contributed by atoms with E-state index in [0.29, 0.717) is 12.8 Å². The molecule has 2 rings (SSSR count). The van der Waals surface area contributed by atoms with Gasteiger partial charge < -0.3 is 9.84 Å². The second-order valence-corrected chi connectivity index (χ2v) is 5.92. The zero-order chi connectivity index (χ0) is 13.0. The maximum absolute atomic E-state index is 10.0. The summed E-state index contributed by atoms with van der Waals surface area (Å²) in [6, 6.07) is 11.6. The average Bonchev–Trinajstić information content (AvgIpc) is 2.75. The third-order valence-corrected chi connectivity index (χ3v) is 3.95. The maximum Gasteiger partial charge on any atom is 0.118 e. The van der Waals surface area contributed by atoms with Crippen LogP contribution in [0.1, 0.15) is 10.4 Å². The molecule has 1 aromatic heterocycles. The van der Waals surface area contributed by atoms with Crippen molar-refractivity contribution in [3.05, 3.63) is 51.2 Å². The lowest BCUT2D eigenvalue weighted by molar-refractivity contribution is 0.176. The molecule has 18 heavy (non-hydrogen) atoms. The van der Waals surface area contributed by atoms with Crippen molar-refractivity contribution in [2.24, 2.45) is 0 Å². The van der Waals surface area contributed by atoms with Gasteiger partial charge >= 0.3 is 0 Å². The molecule has 0 saturated carbocycles. The van der Waals surface area contributed by atoms with Crippen LogP contribution in [-0.4, -0.2) is 18.3 Å². The van der Waals surface area contributed by atoms with E-state index < -0.39 is 0 Å². The predicted molar refractivity (Wildman–Crippen MR) is 75.7 cm³/mol. The van der Waals surface area contributed by atoms with Crippen LogP contribution in [0.25, 0.3) is 0 Å². The van der Waals surface area contributed by atoms with E-state index in [0.717, 1.165) is 20.5 Å². The van der Waals surface area contributed by atoms with E-state index in [1.54, 1.807) is 7.11 Å². The van der Waals surface area contributed by atoms with E-state index in [1.165, 1.54) is 11.3 Å². The Balaban J connectivity index is 1.91. The minimum Gasteiger partial charge on any atom is -0.497 e. The minimum absolute atomic E-state index is 0.381. The van der Waals surface area contributed by atoms with Gasteiger partial charge in [0, 0.05) is 11.3 Å². The molecule has 96 valence electrons. The van der Waals surface area contributed by atoms with Gasteiger partial charge in [-0.15, -0.1) is 11.3 Å². The molecule has 1 heterocycles. The molecular formula is C14H15ClO2S. The number of hydrogen-bond acceptors (Lipinski definition) is 3. The molecule has 0 bridgehead atoms. The summed E-state index contributed by atoms with van der Waals surface area (Å²) in [4.78, 5) is 1.11. The molecular weight excluding hydrogens is 268 g/mol. The fourth-order valence-electron chi connectivity index (χ4n) is 1.80. The van der Waals surface area contributed by atoms with Gasteiger partial charge in [-0.05, 0) is 36.2 Å². The van der Waals surface area contributed by atoms with Crippen LogP contribution in [0.3, 0.4) is 0 Å². The monoisotopic (exact) mass is 282 g/mol. The number of ether oxygens (including phenoxy) is 1. The number of rotatable bonds is 5. The summed E-state index contributed by atoms with van der Waals surface area (Å²) < 4.78 is 5.86. The highest BCUT2D eigenvalue weighted by Gasteiger charge is 2.08. The van der Waals surface area contributed by atoms with Crippen molar-refractivity contribution in [1.29, 1.82) is 0 Å². The van der Waals surface area contributed by atoms with Gasteiger partial charge in [0.25, 0.3) is 0 Å². The van der Waals surface area contributed by atoms with Crippen LogP contribution in [0.5, 0.6) is 5.75 Å². The zero-order valence-corrected chi connectivity index (χ0v) is 11.7. The van der Waals surface area contributed by atoms with Crippen molar-refractivity contribution >= 4 is 22.9 Å². The summed E-state index contributed by atoms with van der Waals surface area (Å²) in [5.41, 5.74) is 1.10. The van der Waals surface area contributed by atoms with Crippen molar-refractivity contribution < 1.29 is 9.84 Å². The Morgan fingerprint density at radius 1 is 1.17 bits per heavy atom. The van der Waals surface area contributed by atoms with E-state index in [2.05, 4.69) is 0 Å². The Kier molecular flexibility index (Phi) is 4.64. The molecule has 2 nitrogen and oxygen atoms in total. The molecule has 1 aromatic carbocycles. The number of aliphatic hydroxyl groups excluding tert-OH is 1. The molecule has 0 aliphatic rings. The number of hydrogen-bond donors (Lipinski definition) is 1. The van der Waals surface area contributed by atoms with Gasteiger partial charge in [-0.3, -0.25) is 0 Å². The zero-order valence-electron chi connectivity index (χ0n) is 10.1. The van der Waals surface area contributed by atoms with Crippen LogP contribution in [0.15, 0.2) is 36.4 Å². The Morgan fingerprint density at radius 2 is 1.89 bits per heavy atom. The second-order valence-electron chi connectivity index (χ2n) is 4.12. The standard InChI is InChI=1S/C14H15ClO2S/c1-17-12-4-2-10(3-5-12)8-11(16)9-13-6-7-14(15)18-13/h2-7,11,16H,8-9H2,1H3. The Labute approximate surface area is 116 Å². The number of aliphatic hydroxyl groups is 1. The smallest absolute Gasteiger partial charge is 0.118 e. The minimum atomic E-state index is -0.381. The molecule has 4 heteroatoms. The fourth-order valence-corrected chi connectivity index (χ4v) is 2.96. The average molecular weight is 283 g/mol. The van der Waals surface area contributed by atoms with Crippen molar-refractivity contribution in [2.75, 3.05) is 7.11 Å². The summed E-state index contributed by atoms with van der Waals surface area (Å²) in [6.45, 7) is 0. The highest BCUT2D eigenvalue weighted by molar-refractivity contribution is 7.16. The fraction of sp³-hybridized carbons (Fsp3) is 0.286. The third kappa shape index (κ3) is 3.73. The summed E-state index contributed by atoms with van der Waals surface area (Å²) in [6.07, 6.45) is 0.899. The molecule has 0 radical (unpaired) electrons. The molecule has 0 saturated heterocycles. The second kappa shape index (κ2) is 6.23. The van der Waals surface area contributed by atoms with E-state index in [9.17, 15) is 5.11 Å². The number of methoxy groups -OCH3 is 1. The molecule has 0 aliphatic heterocycles. The number of thiophene rings is 1. The first-order valence-electron chi connectivity index (χ1n) is 5.72. The summed E-state index contributed by atoms with van der Waals surface area (Å²) in [5, 5.41) is 10.0. The van der Waals surface area contributed by atoms with E-state index in [-0.39, 0.29) is 6.10 Å². The van der Waals surface area contributed by atoms with E-state index in [4.69, 9.17) is 16.3 Å². The topological polar surface area (TPSA) is 29.5 Å². The maximum atomic E-state index is 10.0. The quantitative estimate of drug-likeness (QED) is 0.909. The summed E-state index contributed by atoms with van der Waals surface area (Å²) >= 11 is 7.38. The van der Waals surface area contributed by atoms with Crippen molar-refractivity contribution in [2.45, 2.75) is 18.9 Å². The van der Waals surface area contributed by atoms with Crippen molar-refractivity contribution in [3.8, 4) is 5.75 Å².